The van der Waals surface area contributed by atoms with Crippen LogP contribution in [0.2, 0.25) is 5.02 Å². The molecule has 0 spiro atoms. The topological polar surface area (TPSA) is 46.9 Å². The Morgan fingerprint density at radius 3 is 2.90 bits per heavy atom. The normalized spacial score (nSPS) is 10.7. The van der Waals surface area contributed by atoms with Gasteiger partial charge in [0, 0.05) is 16.1 Å². The summed E-state index contributed by atoms with van der Waals surface area (Å²) in [6.45, 7) is 0.167. The smallest absolute Gasteiger partial charge is 0.246 e. The number of hydrogen-bond acceptors (Lipinski definition) is 2. The number of fused-ring (bicyclic) bond motifs is 1. The van der Waals surface area contributed by atoms with Crippen LogP contribution in [0.3, 0.4) is 0 Å². The van der Waals surface area contributed by atoms with Crippen molar-refractivity contribution in [2.75, 3.05) is 5.32 Å². The summed E-state index contributed by atoms with van der Waals surface area (Å²) in [4.78, 5) is 12.0. The van der Waals surface area contributed by atoms with Gasteiger partial charge in [0.1, 0.15) is 6.54 Å². The zero-order valence-corrected chi connectivity index (χ0v) is 11.3. The van der Waals surface area contributed by atoms with Crippen molar-refractivity contribution in [3.63, 3.8) is 0 Å². The molecule has 1 heterocycles. The molecule has 3 aromatic rings. The summed E-state index contributed by atoms with van der Waals surface area (Å²) in [5.41, 5.74) is 1.62. The third kappa shape index (κ3) is 2.65. The number of hydrogen-bond donors (Lipinski definition) is 1. The number of para-hydroxylation sites is 1. The molecular weight excluding hydrogens is 274 g/mol. The first-order valence-electron chi connectivity index (χ1n) is 6.18. The molecule has 0 aliphatic heterocycles. The average molecular weight is 286 g/mol. The van der Waals surface area contributed by atoms with Gasteiger partial charge in [-0.15, -0.1) is 0 Å². The minimum absolute atomic E-state index is 0.138. The van der Waals surface area contributed by atoms with Gasteiger partial charge in [0.25, 0.3) is 0 Å². The molecule has 4 nitrogen and oxygen atoms in total. The van der Waals surface area contributed by atoms with Crippen molar-refractivity contribution in [2.45, 2.75) is 6.54 Å². The molecule has 0 radical (unpaired) electrons. The van der Waals surface area contributed by atoms with Crippen LogP contribution in [0, 0.1) is 0 Å². The molecular formula is C15H12ClN3O. The maximum absolute atomic E-state index is 12.0. The summed E-state index contributed by atoms with van der Waals surface area (Å²) in [7, 11) is 0. The summed E-state index contributed by atoms with van der Waals surface area (Å²) >= 11 is 5.88. The van der Waals surface area contributed by atoms with E-state index in [1.807, 2.05) is 24.3 Å². The number of nitrogens with one attached hydrogen (secondary N) is 1. The summed E-state index contributed by atoms with van der Waals surface area (Å²) in [5.74, 6) is -0.138. The molecule has 2 aromatic carbocycles. The fourth-order valence-electron chi connectivity index (χ4n) is 2.05. The number of rotatable bonds is 3. The van der Waals surface area contributed by atoms with E-state index in [-0.39, 0.29) is 12.5 Å². The lowest BCUT2D eigenvalue weighted by Crippen LogP contribution is -2.19. The molecule has 0 atom stereocenters. The predicted octanol–water partition coefficient (Wildman–Crippen LogP) is 3.33. The van der Waals surface area contributed by atoms with Crippen molar-refractivity contribution in [2.24, 2.45) is 0 Å². The van der Waals surface area contributed by atoms with Crippen molar-refractivity contribution < 1.29 is 4.79 Å². The van der Waals surface area contributed by atoms with Crippen molar-refractivity contribution in [3.8, 4) is 0 Å². The van der Waals surface area contributed by atoms with Crippen molar-refractivity contribution >= 4 is 34.1 Å². The predicted molar refractivity (Wildman–Crippen MR) is 79.8 cm³/mol. The van der Waals surface area contributed by atoms with Gasteiger partial charge < -0.3 is 5.32 Å². The lowest BCUT2D eigenvalue weighted by Gasteiger charge is -2.06. The zero-order chi connectivity index (χ0) is 13.9. The van der Waals surface area contributed by atoms with Crippen LogP contribution in [0.15, 0.2) is 54.7 Å². The number of nitrogens with zero attached hydrogens (tertiary/aromatic N) is 2. The van der Waals surface area contributed by atoms with Crippen LogP contribution < -0.4 is 5.32 Å². The highest BCUT2D eigenvalue weighted by Crippen LogP contribution is 2.16. The van der Waals surface area contributed by atoms with E-state index in [1.165, 1.54) is 0 Å². The molecule has 100 valence electrons. The number of aromatic nitrogens is 2. The van der Waals surface area contributed by atoms with Gasteiger partial charge in [0.05, 0.1) is 11.7 Å². The lowest BCUT2D eigenvalue weighted by molar-refractivity contribution is -0.116. The van der Waals surface area contributed by atoms with Gasteiger partial charge in [-0.3, -0.25) is 9.48 Å². The van der Waals surface area contributed by atoms with Crippen molar-refractivity contribution in [1.29, 1.82) is 0 Å². The van der Waals surface area contributed by atoms with Gasteiger partial charge >= 0.3 is 0 Å². The Labute approximate surface area is 121 Å². The maximum Gasteiger partial charge on any atom is 0.246 e. The second kappa shape index (κ2) is 5.35. The number of anilines is 1. The van der Waals surface area contributed by atoms with Crippen LogP contribution >= 0.6 is 11.6 Å². The molecule has 1 amide bonds. The van der Waals surface area contributed by atoms with Gasteiger partial charge in [-0.2, -0.15) is 5.10 Å². The molecule has 1 N–H and O–H groups in total. The fraction of sp³-hybridized carbons (Fsp3) is 0.0667. The van der Waals surface area contributed by atoms with E-state index >= 15 is 0 Å². The van der Waals surface area contributed by atoms with Gasteiger partial charge in [-0.25, -0.2) is 0 Å². The first kappa shape index (κ1) is 12.7. The number of carbonyl (C=O) groups is 1. The minimum atomic E-state index is -0.138. The Morgan fingerprint density at radius 2 is 2.05 bits per heavy atom. The largest absolute Gasteiger partial charge is 0.324 e. The van der Waals surface area contributed by atoms with E-state index in [1.54, 1.807) is 35.1 Å². The Bertz CT molecular complexity index is 766. The van der Waals surface area contributed by atoms with Crippen LogP contribution in [0.25, 0.3) is 10.9 Å². The summed E-state index contributed by atoms with van der Waals surface area (Å²) in [6, 6.07) is 14.8. The average Bonchev–Trinajstić information content (AvgIpc) is 2.82. The quantitative estimate of drug-likeness (QED) is 0.802. The number of carbonyl (C=O) groups excluding carboxylic acids is 1. The Balaban J connectivity index is 1.76. The molecule has 1 aromatic heterocycles. The van der Waals surface area contributed by atoms with Crippen LogP contribution in [-0.4, -0.2) is 15.7 Å². The SMILES string of the molecule is O=C(Cn1ncc2ccccc21)Nc1cccc(Cl)c1. The molecule has 0 bridgehead atoms. The molecule has 20 heavy (non-hydrogen) atoms. The van der Waals surface area contributed by atoms with E-state index < -0.39 is 0 Å². The van der Waals surface area contributed by atoms with E-state index in [0.29, 0.717) is 10.7 Å². The molecule has 0 aliphatic carbocycles. The number of amides is 1. The molecule has 0 saturated carbocycles. The van der Waals surface area contributed by atoms with Gasteiger partial charge in [-0.1, -0.05) is 35.9 Å². The minimum Gasteiger partial charge on any atom is -0.324 e. The highest BCUT2D eigenvalue weighted by atomic mass is 35.5. The summed E-state index contributed by atoms with van der Waals surface area (Å²) in [6.07, 6.45) is 1.75. The molecule has 0 unspecified atom stereocenters. The van der Waals surface area contributed by atoms with E-state index in [9.17, 15) is 4.79 Å². The van der Waals surface area contributed by atoms with E-state index in [0.717, 1.165) is 10.9 Å². The first-order chi connectivity index (χ1) is 9.72. The molecule has 0 fully saturated rings. The standard InChI is InChI=1S/C15H12ClN3O/c16-12-5-3-6-13(8-12)18-15(20)10-19-14-7-2-1-4-11(14)9-17-19/h1-9H,10H2,(H,18,20). The second-order valence-corrected chi connectivity index (χ2v) is 4.86. The highest BCUT2D eigenvalue weighted by molar-refractivity contribution is 6.30. The summed E-state index contributed by atoms with van der Waals surface area (Å²) < 4.78 is 1.68. The molecule has 5 heteroatoms. The van der Waals surface area contributed by atoms with E-state index in [4.69, 9.17) is 11.6 Å². The third-order valence-electron chi connectivity index (χ3n) is 2.95. The number of halogens is 1. The van der Waals surface area contributed by atoms with Gasteiger partial charge in [0.2, 0.25) is 5.91 Å². The van der Waals surface area contributed by atoms with Crippen molar-refractivity contribution in [1.82, 2.24) is 9.78 Å². The third-order valence-corrected chi connectivity index (χ3v) is 3.19. The molecule has 3 rings (SSSR count). The van der Waals surface area contributed by atoms with E-state index in [2.05, 4.69) is 10.4 Å². The highest BCUT2D eigenvalue weighted by Gasteiger charge is 2.07. The lowest BCUT2D eigenvalue weighted by atomic mass is 10.2. The Morgan fingerprint density at radius 1 is 1.20 bits per heavy atom. The Hall–Kier alpha value is -2.33. The van der Waals surface area contributed by atoms with Crippen LogP contribution in [0.5, 0.6) is 0 Å². The van der Waals surface area contributed by atoms with Crippen LogP contribution in [-0.2, 0) is 11.3 Å². The molecule has 0 saturated heterocycles. The first-order valence-corrected chi connectivity index (χ1v) is 6.56. The van der Waals surface area contributed by atoms with Crippen LogP contribution in [0.1, 0.15) is 0 Å². The van der Waals surface area contributed by atoms with Gasteiger partial charge in [-0.05, 0) is 24.3 Å². The van der Waals surface area contributed by atoms with Crippen LogP contribution in [0.4, 0.5) is 5.69 Å². The van der Waals surface area contributed by atoms with Gasteiger partial charge in [0.15, 0.2) is 0 Å². The molecule has 0 aliphatic rings. The Kier molecular flexibility index (Phi) is 3.39. The number of benzene rings is 2. The van der Waals surface area contributed by atoms with Crippen molar-refractivity contribution in [3.05, 3.63) is 59.8 Å². The summed E-state index contributed by atoms with van der Waals surface area (Å²) in [5, 5.41) is 8.63. The fourth-order valence-corrected chi connectivity index (χ4v) is 2.24. The zero-order valence-electron chi connectivity index (χ0n) is 10.6. The monoisotopic (exact) mass is 285 g/mol. The maximum atomic E-state index is 12.0. The second-order valence-electron chi connectivity index (χ2n) is 4.42.